The number of aryl methyl sites for hydroxylation is 2. The lowest BCUT2D eigenvalue weighted by atomic mass is 10.0. The summed E-state index contributed by atoms with van der Waals surface area (Å²) in [6.45, 7) is 8.81. The standard InChI is InChI=1S/C16H22N2O3/c1-4-21-15-10-12(2)14(9-13(15)3)16(20)18-7-5-17(11-19)6-8-18/h9-11H,4-8H2,1-3H3. The van der Waals surface area contributed by atoms with Crippen molar-refractivity contribution in [2.75, 3.05) is 32.8 Å². The molecule has 1 aromatic carbocycles. The number of nitrogens with zero attached hydrogens (tertiary/aromatic N) is 2. The van der Waals surface area contributed by atoms with Crippen LogP contribution in [0.2, 0.25) is 0 Å². The number of rotatable bonds is 4. The molecule has 114 valence electrons. The highest BCUT2D eigenvalue weighted by Gasteiger charge is 2.23. The van der Waals surface area contributed by atoms with E-state index in [1.807, 2.05) is 37.8 Å². The number of ether oxygens (including phenoxy) is 1. The van der Waals surface area contributed by atoms with Crippen LogP contribution in [-0.4, -0.2) is 54.9 Å². The molecule has 0 N–H and O–H groups in total. The molecule has 1 heterocycles. The smallest absolute Gasteiger partial charge is 0.254 e. The summed E-state index contributed by atoms with van der Waals surface area (Å²) >= 11 is 0. The minimum atomic E-state index is 0.0317. The minimum absolute atomic E-state index is 0.0317. The van der Waals surface area contributed by atoms with Gasteiger partial charge in [0.05, 0.1) is 6.61 Å². The lowest BCUT2D eigenvalue weighted by Gasteiger charge is -2.33. The van der Waals surface area contributed by atoms with Gasteiger partial charge in [-0.15, -0.1) is 0 Å². The fourth-order valence-electron chi connectivity index (χ4n) is 2.53. The number of piperazine rings is 1. The molecule has 0 saturated carbocycles. The first kappa shape index (κ1) is 15.4. The number of hydrogen-bond acceptors (Lipinski definition) is 3. The van der Waals surface area contributed by atoms with Crippen LogP contribution >= 0.6 is 0 Å². The van der Waals surface area contributed by atoms with E-state index in [0.29, 0.717) is 32.8 Å². The predicted octanol–water partition coefficient (Wildman–Crippen LogP) is 1.62. The van der Waals surface area contributed by atoms with Gasteiger partial charge in [0.1, 0.15) is 5.75 Å². The summed E-state index contributed by atoms with van der Waals surface area (Å²) in [5.41, 5.74) is 2.61. The van der Waals surface area contributed by atoms with E-state index in [4.69, 9.17) is 4.74 Å². The Morgan fingerprint density at radius 3 is 2.43 bits per heavy atom. The number of carbonyl (C=O) groups is 2. The summed E-state index contributed by atoms with van der Waals surface area (Å²) in [7, 11) is 0. The Hall–Kier alpha value is -2.04. The van der Waals surface area contributed by atoms with Crippen LogP contribution in [0.25, 0.3) is 0 Å². The first-order chi connectivity index (χ1) is 10.1. The zero-order valence-electron chi connectivity index (χ0n) is 12.9. The molecular weight excluding hydrogens is 268 g/mol. The molecule has 0 spiro atoms. The van der Waals surface area contributed by atoms with Crippen LogP contribution in [0, 0.1) is 13.8 Å². The van der Waals surface area contributed by atoms with Gasteiger partial charge in [0.15, 0.2) is 0 Å². The van der Waals surface area contributed by atoms with E-state index in [0.717, 1.165) is 28.8 Å². The molecular formula is C16H22N2O3. The molecule has 1 aromatic rings. The largest absolute Gasteiger partial charge is 0.494 e. The van der Waals surface area contributed by atoms with Crippen molar-refractivity contribution >= 4 is 12.3 Å². The topological polar surface area (TPSA) is 49.9 Å². The fraction of sp³-hybridized carbons (Fsp3) is 0.500. The van der Waals surface area contributed by atoms with Crippen LogP contribution in [0.15, 0.2) is 12.1 Å². The van der Waals surface area contributed by atoms with Gasteiger partial charge in [-0.1, -0.05) is 0 Å². The van der Waals surface area contributed by atoms with Crippen LogP contribution in [0.4, 0.5) is 0 Å². The van der Waals surface area contributed by atoms with E-state index in [1.165, 1.54) is 0 Å². The van der Waals surface area contributed by atoms with Gasteiger partial charge in [-0.2, -0.15) is 0 Å². The van der Waals surface area contributed by atoms with Crippen LogP contribution in [0.5, 0.6) is 5.75 Å². The van der Waals surface area contributed by atoms with Gasteiger partial charge >= 0.3 is 0 Å². The van der Waals surface area contributed by atoms with Crippen LogP contribution in [0.3, 0.4) is 0 Å². The molecule has 0 aromatic heterocycles. The molecule has 0 radical (unpaired) electrons. The monoisotopic (exact) mass is 290 g/mol. The molecule has 0 aliphatic carbocycles. The maximum absolute atomic E-state index is 12.6. The molecule has 5 nitrogen and oxygen atoms in total. The van der Waals surface area contributed by atoms with E-state index < -0.39 is 0 Å². The number of carbonyl (C=O) groups excluding carboxylic acids is 2. The van der Waals surface area contributed by atoms with E-state index >= 15 is 0 Å². The third kappa shape index (κ3) is 3.35. The van der Waals surface area contributed by atoms with Gasteiger partial charge in [0.2, 0.25) is 6.41 Å². The second kappa shape index (κ2) is 6.61. The molecule has 0 unspecified atom stereocenters. The Kier molecular flexibility index (Phi) is 4.83. The Labute approximate surface area is 125 Å². The van der Waals surface area contributed by atoms with E-state index in [2.05, 4.69) is 0 Å². The average molecular weight is 290 g/mol. The Bertz CT molecular complexity index is 535. The zero-order chi connectivity index (χ0) is 15.4. The second-order valence-electron chi connectivity index (χ2n) is 5.30. The zero-order valence-corrected chi connectivity index (χ0v) is 12.9. The highest BCUT2D eigenvalue weighted by Crippen LogP contribution is 2.24. The highest BCUT2D eigenvalue weighted by atomic mass is 16.5. The summed E-state index contributed by atoms with van der Waals surface area (Å²) in [4.78, 5) is 26.8. The highest BCUT2D eigenvalue weighted by molar-refractivity contribution is 5.96. The van der Waals surface area contributed by atoms with Crippen LogP contribution < -0.4 is 4.74 Å². The number of benzene rings is 1. The normalized spacial score (nSPS) is 15.0. The van der Waals surface area contributed by atoms with Crippen molar-refractivity contribution in [2.45, 2.75) is 20.8 Å². The summed E-state index contributed by atoms with van der Waals surface area (Å²) in [6.07, 6.45) is 0.841. The molecule has 0 bridgehead atoms. The lowest BCUT2D eigenvalue weighted by Crippen LogP contribution is -2.48. The van der Waals surface area contributed by atoms with E-state index in [-0.39, 0.29) is 5.91 Å². The van der Waals surface area contributed by atoms with Gasteiger partial charge in [-0.25, -0.2) is 0 Å². The SMILES string of the molecule is CCOc1cc(C)c(C(=O)N2CCN(C=O)CC2)cc1C. The summed E-state index contributed by atoms with van der Waals surface area (Å²) < 4.78 is 5.56. The molecule has 5 heteroatoms. The van der Waals surface area contributed by atoms with Gasteiger partial charge in [-0.3, -0.25) is 9.59 Å². The Morgan fingerprint density at radius 2 is 1.86 bits per heavy atom. The quantitative estimate of drug-likeness (QED) is 0.792. The average Bonchev–Trinajstić information content (AvgIpc) is 2.50. The molecule has 1 saturated heterocycles. The van der Waals surface area contributed by atoms with Gasteiger partial charge in [-0.05, 0) is 44.0 Å². The van der Waals surface area contributed by atoms with Crippen LogP contribution in [-0.2, 0) is 4.79 Å². The Balaban J connectivity index is 2.16. The third-order valence-electron chi connectivity index (χ3n) is 3.80. The van der Waals surface area contributed by atoms with Gasteiger partial charge in [0.25, 0.3) is 5.91 Å². The summed E-state index contributed by atoms with van der Waals surface area (Å²) in [5, 5.41) is 0. The molecule has 1 aliphatic heterocycles. The van der Waals surface area contributed by atoms with Crippen molar-refractivity contribution in [1.29, 1.82) is 0 Å². The maximum Gasteiger partial charge on any atom is 0.254 e. The van der Waals surface area contributed by atoms with Crippen molar-refractivity contribution in [2.24, 2.45) is 0 Å². The fourth-order valence-corrected chi connectivity index (χ4v) is 2.53. The van der Waals surface area contributed by atoms with Gasteiger partial charge < -0.3 is 14.5 Å². The van der Waals surface area contributed by atoms with Crippen molar-refractivity contribution in [3.05, 3.63) is 28.8 Å². The Morgan fingerprint density at radius 1 is 1.19 bits per heavy atom. The number of hydrogen-bond donors (Lipinski definition) is 0. The molecule has 1 aliphatic rings. The van der Waals surface area contributed by atoms with E-state index in [9.17, 15) is 9.59 Å². The molecule has 0 atom stereocenters. The third-order valence-corrected chi connectivity index (χ3v) is 3.80. The first-order valence-electron chi connectivity index (χ1n) is 7.29. The lowest BCUT2D eigenvalue weighted by molar-refractivity contribution is -0.119. The van der Waals surface area contributed by atoms with Crippen molar-refractivity contribution in [3.63, 3.8) is 0 Å². The minimum Gasteiger partial charge on any atom is -0.494 e. The maximum atomic E-state index is 12.6. The molecule has 2 amide bonds. The van der Waals surface area contributed by atoms with E-state index in [1.54, 1.807) is 4.90 Å². The predicted molar refractivity (Wildman–Crippen MR) is 80.6 cm³/mol. The summed E-state index contributed by atoms with van der Waals surface area (Å²) in [5.74, 6) is 0.863. The van der Waals surface area contributed by atoms with Crippen LogP contribution in [0.1, 0.15) is 28.4 Å². The summed E-state index contributed by atoms with van der Waals surface area (Å²) in [6, 6.07) is 3.82. The van der Waals surface area contributed by atoms with Crippen molar-refractivity contribution in [1.82, 2.24) is 9.80 Å². The molecule has 2 rings (SSSR count). The molecule has 21 heavy (non-hydrogen) atoms. The molecule has 1 fully saturated rings. The van der Waals surface area contributed by atoms with Crippen molar-refractivity contribution < 1.29 is 14.3 Å². The second-order valence-corrected chi connectivity index (χ2v) is 5.30. The van der Waals surface area contributed by atoms with Gasteiger partial charge in [0, 0.05) is 31.7 Å². The first-order valence-corrected chi connectivity index (χ1v) is 7.29. The number of amides is 2. The van der Waals surface area contributed by atoms with Crippen molar-refractivity contribution in [3.8, 4) is 5.75 Å².